The molecule has 0 aliphatic rings. The number of nitrogens with zero attached hydrogens (tertiary/aromatic N) is 2. The van der Waals surface area contributed by atoms with Gasteiger partial charge in [0.25, 0.3) is 0 Å². The lowest BCUT2D eigenvalue weighted by Crippen LogP contribution is -2.05. The molecule has 0 aliphatic heterocycles. The molecule has 0 amide bonds. The van der Waals surface area contributed by atoms with Crippen LogP contribution in [0.2, 0.25) is 0 Å². The summed E-state index contributed by atoms with van der Waals surface area (Å²) in [6, 6.07) is 4.19. The first-order valence-corrected chi connectivity index (χ1v) is 5.36. The molecule has 80 valence electrons. The van der Waals surface area contributed by atoms with E-state index in [4.69, 9.17) is 5.73 Å². The van der Waals surface area contributed by atoms with Crippen molar-refractivity contribution in [1.29, 1.82) is 0 Å². The van der Waals surface area contributed by atoms with Crippen LogP contribution >= 0.6 is 0 Å². The summed E-state index contributed by atoms with van der Waals surface area (Å²) in [5.74, 6) is 1.08. The van der Waals surface area contributed by atoms with Gasteiger partial charge in [-0.3, -0.25) is 0 Å². The Labute approximate surface area is 89.9 Å². The highest BCUT2D eigenvalue weighted by atomic mass is 15.0. The zero-order valence-electron chi connectivity index (χ0n) is 9.49. The fourth-order valence-corrected chi connectivity index (χ4v) is 1.86. The van der Waals surface area contributed by atoms with Gasteiger partial charge in [-0.25, -0.2) is 4.98 Å². The van der Waals surface area contributed by atoms with Crippen molar-refractivity contribution in [3.8, 4) is 0 Å². The quantitative estimate of drug-likeness (QED) is 0.813. The number of fused-ring (bicyclic) bond motifs is 1. The van der Waals surface area contributed by atoms with E-state index in [1.807, 2.05) is 6.92 Å². The van der Waals surface area contributed by atoms with Crippen molar-refractivity contribution in [2.75, 3.05) is 0 Å². The van der Waals surface area contributed by atoms with Crippen LogP contribution in [-0.2, 0) is 6.42 Å². The highest BCUT2D eigenvalue weighted by Gasteiger charge is 2.12. The minimum absolute atomic E-state index is 0.0111. The fourth-order valence-electron chi connectivity index (χ4n) is 1.86. The van der Waals surface area contributed by atoms with Crippen molar-refractivity contribution in [2.24, 2.45) is 5.73 Å². The molecule has 0 radical (unpaired) electrons. The standard InChI is InChI=1S/C12H17N3/c1-4-11-14-12(9(3)13)10-6-5-8(2)7-15(10)11/h5-7,9H,4,13H2,1-3H3. The molecular weight excluding hydrogens is 186 g/mol. The molecule has 0 fully saturated rings. The molecule has 2 N–H and O–H groups in total. The van der Waals surface area contributed by atoms with Crippen LogP contribution in [0.5, 0.6) is 0 Å². The van der Waals surface area contributed by atoms with Gasteiger partial charge in [0.15, 0.2) is 0 Å². The van der Waals surface area contributed by atoms with Crippen LogP contribution in [0.1, 0.15) is 37.0 Å². The second kappa shape index (κ2) is 3.66. The predicted molar refractivity (Wildman–Crippen MR) is 61.9 cm³/mol. The highest BCUT2D eigenvalue weighted by Crippen LogP contribution is 2.19. The highest BCUT2D eigenvalue weighted by molar-refractivity contribution is 5.55. The Morgan fingerprint density at radius 2 is 2.20 bits per heavy atom. The molecule has 0 saturated carbocycles. The summed E-state index contributed by atoms with van der Waals surface area (Å²) in [5, 5.41) is 0. The number of imidazole rings is 1. The molecule has 2 heterocycles. The number of aromatic nitrogens is 2. The average molecular weight is 203 g/mol. The van der Waals surface area contributed by atoms with Gasteiger partial charge >= 0.3 is 0 Å². The van der Waals surface area contributed by atoms with Crippen LogP contribution < -0.4 is 5.73 Å². The van der Waals surface area contributed by atoms with Crippen molar-refractivity contribution in [3.05, 3.63) is 35.4 Å². The number of rotatable bonds is 2. The molecule has 3 nitrogen and oxygen atoms in total. The summed E-state index contributed by atoms with van der Waals surface area (Å²) in [6.45, 7) is 6.17. The van der Waals surface area contributed by atoms with E-state index in [9.17, 15) is 0 Å². The summed E-state index contributed by atoms with van der Waals surface area (Å²) in [5.41, 5.74) is 9.28. The van der Waals surface area contributed by atoms with E-state index in [0.29, 0.717) is 0 Å². The molecule has 0 spiro atoms. The predicted octanol–water partition coefficient (Wildman–Crippen LogP) is 2.22. The monoisotopic (exact) mass is 203 g/mol. The molecule has 0 aliphatic carbocycles. The summed E-state index contributed by atoms with van der Waals surface area (Å²) in [7, 11) is 0. The Kier molecular flexibility index (Phi) is 2.49. The number of nitrogens with two attached hydrogens (primary N) is 1. The van der Waals surface area contributed by atoms with Gasteiger partial charge < -0.3 is 10.1 Å². The molecule has 1 atom stereocenters. The normalized spacial score (nSPS) is 13.3. The molecule has 2 aromatic heterocycles. The van der Waals surface area contributed by atoms with Gasteiger partial charge in [0, 0.05) is 18.7 Å². The first-order valence-electron chi connectivity index (χ1n) is 5.36. The summed E-state index contributed by atoms with van der Waals surface area (Å²) >= 11 is 0. The first-order chi connectivity index (χ1) is 7.13. The van der Waals surface area contributed by atoms with E-state index >= 15 is 0 Å². The van der Waals surface area contributed by atoms with Crippen LogP contribution in [0.4, 0.5) is 0 Å². The van der Waals surface area contributed by atoms with Crippen molar-refractivity contribution < 1.29 is 0 Å². The lowest BCUT2D eigenvalue weighted by atomic mass is 10.2. The van der Waals surface area contributed by atoms with E-state index in [2.05, 4.69) is 41.6 Å². The maximum atomic E-state index is 5.91. The van der Waals surface area contributed by atoms with Gasteiger partial charge in [-0.15, -0.1) is 0 Å². The topological polar surface area (TPSA) is 43.3 Å². The lowest BCUT2D eigenvalue weighted by Gasteiger charge is -2.02. The van der Waals surface area contributed by atoms with E-state index in [-0.39, 0.29) is 6.04 Å². The largest absolute Gasteiger partial charge is 0.323 e. The average Bonchev–Trinajstić information content (AvgIpc) is 2.55. The van der Waals surface area contributed by atoms with E-state index in [0.717, 1.165) is 23.5 Å². The number of hydrogen-bond acceptors (Lipinski definition) is 2. The van der Waals surface area contributed by atoms with E-state index in [1.54, 1.807) is 0 Å². The second-order valence-corrected chi connectivity index (χ2v) is 4.02. The van der Waals surface area contributed by atoms with Crippen molar-refractivity contribution in [1.82, 2.24) is 9.38 Å². The number of aryl methyl sites for hydroxylation is 2. The maximum Gasteiger partial charge on any atom is 0.113 e. The lowest BCUT2D eigenvalue weighted by molar-refractivity contribution is 0.788. The van der Waals surface area contributed by atoms with Crippen molar-refractivity contribution in [3.63, 3.8) is 0 Å². The minimum Gasteiger partial charge on any atom is -0.323 e. The molecule has 0 saturated heterocycles. The van der Waals surface area contributed by atoms with E-state index in [1.165, 1.54) is 5.56 Å². The van der Waals surface area contributed by atoms with Crippen LogP contribution in [0.3, 0.4) is 0 Å². The van der Waals surface area contributed by atoms with Gasteiger partial charge in [0.05, 0.1) is 11.2 Å². The Bertz CT molecular complexity index is 483. The van der Waals surface area contributed by atoms with E-state index < -0.39 is 0 Å². The maximum absolute atomic E-state index is 5.91. The van der Waals surface area contributed by atoms with Crippen LogP contribution in [-0.4, -0.2) is 9.38 Å². The van der Waals surface area contributed by atoms with Gasteiger partial charge in [-0.2, -0.15) is 0 Å². The minimum atomic E-state index is -0.0111. The molecular formula is C12H17N3. The Morgan fingerprint density at radius 1 is 1.47 bits per heavy atom. The van der Waals surface area contributed by atoms with Gasteiger partial charge in [0.2, 0.25) is 0 Å². The number of pyridine rings is 1. The smallest absolute Gasteiger partial charge is 0.113 e. The van der Waals surface area contributed by atoms with Gasteiger partial charge in [-0.05, 0) is 25.5 Å². The summed E-state index contributed by atoms with van der Waals surface area (Å²) in [6.07, 6.45) is 3.05. The Hall–Kier alpha value is -1.35. The molecule has 0 bridgehead atoms. The molecule has 3 heteroatoms. The third kappa shape index (κ3) is 1.63. The third-order valence-corrected chi connectivity index (χ3v) is 2.63. The van der Waals surface area contributed by atoms with Crippen LogP contribution in [0, 0.1) is 6.92 Å². The van der Waals surface area contributed by atoms with Crippen LogP contribution in [0.25, 0.3) is 5.52 Å². The fraction of sp³-hybridized carbons (Fsp3) is 0.417. The number of hydrogen-bond donors (Lipinski definition) is 1. The zero-order valence-corrected chi connectivity index (χ0v) is 9.49. The second-order valence-electron chi connectivity index (χ2n) is 4.02. The SMILES string of the molecule is CCc1nc(C(C)N)c2ccc(C)cn12. The van der Waals surface area contributed by atoms with Crippen molar-refractivity contribution >= 4 is 5.52 Å². The molecule has 0 aromatic carbocycles. The van der Waals surface area contributed by atoms with Crippen LogP contribution in [0.15, 0.2) is 18.3 Å². The molecule has 2 aromatic rings. The Balaban J connectivity index is 2.75. The van der Waals surface area contributed by atoms with Gasteiger partial charge in [0.1, 0.15) is 5.82 Å². The molecule has 15 heavy (non-hydrogen) atoms. The third-order valence-electron chi connectivity index (χ3n) is 2.63. The first kappa shape index (κ1) is 10.2. The zero-order chi connectivity index (χ0) is 11.0. The molecule has 2 rings (SSSR count). The molecule has 1 unspecified atom stereocenters. The Morgan fingerprint density at radius 3 is 2.80 bits per heavy atom. The summed E-state index contributed by atoms with van der Waals surface area (Å²) in [4.78, 5) is 4.59. The van der Waals surface area contributed by atoms with Crippen molar-refractivity contribution in [2.45, 2.75) is 33.2 Å². The summed E-state index contributed by atoms with van der Waals surface area (Å²) < 4.78 is 2.15. The van der Waals surface area contributed by atoms with Gasteiger partial charge in [-0.1, -0.05) is 13.0 Å².